The predicted octanol–water partition coefficient (Wildman–Crippen LogP) is 2.53. The molecular weight excluding hydrogens is 496 g/mol. The largest absolute Gasteiger partial charge is 0.493 e. The molecule has 9 nitrogen and oxygen atoms in total. The topological polar surface area (TPSA) is 125 Å². The third-order valence-corrected chi connectivity index (χ3v) is 10.1. The zero-order valence-electron chi connectivity index (χ0n) is 21.5. The summed E-state index contributed by atoms with van der Waals surface area (Å²) in [6.07, 6.45) is 1.67. The van der Waals surface area contributed by atoms with Gasteiger partial charge >= 0.3 is 0 Å². The summed E-state index contributed by atoms with van der Waals surface area (Å²) in [6, 6.07) is 10.2. The van der Waals surface area contributed by atoms with Crippen LogP contribution in [-0.2, 0) is 25.8 Å². The fraction of sp³-hybridized carbons (Fsp3) is 0.481. The molecule has 2 N–H and O–H groups in total. The highest BCUT2D eigenvalue weighted by molar-refractivity contribution is 7.93. The van der Waals surface area contributed by atoms with Gasteiger partial charge in [0.15, 0.2) is 26.1 Å². The molecule has 2 aromatic rings. The lowest BCUT2D eigenvalue weighted by molar-refractivity contribution is -0.122. The molecule has 2 aromatic carbocycles. The average molecular weight is 531 g/mol. The second kappa shape index (κ2) is 10.7. The van der Waals surface area contributed by atoms with E-state index in [1.165, 1.54) is 0 Å². The van der Waals surface area contributed by atoms with Gasteiger partial charge in [-0.2, -0.15) is 0 Å². The highest BCUT2D eigenvalue weighted by Crippen LogP contribution is 2.35. The number of carbonyl (C=O) groups excluding carboxylic acids is 2. The van der Waals surface area contributed by atoms with Crippen molar-refractivity contribution >= 4 is 21.7 Å². The number of sulfone groups is 1. The average Bonchev–Trinajstić information content (AvgIpc) is 3.37. The Labute approximate surface area is 217 Å². The van der Waals surface area contributed by atoms with Gasteiger partial charge in [0.05, 0.1) is 19.1 Å². The molecular formula is C27H34N2O7S. The Morgan fingerprint density at radius 3 is 2.30 bits per heavy atom. The molecule has 2 saturated heterocycles. The molecule has 0 radical (unpaired) electrons. The van der Waals surface area contributed by atoms with Crippen LogP contribution in [-0.4, -0.2) is 70.4 Å². The van der Waals surface area contributed by atoms with Crippen LogP contribution in [0.25, 0.3) is 0 Å². The zero-order valence-corrected chi connectivity index (χ0v) is 22.3. The van der Waals surface area contributed by atoms with Crippen molar-refractivity contribution in [3.63, 3.8) is 0 Å². The lowest BCUT2D eigenvalue weighted by Crippen LogP contribution is -2.53. The normalized spacial score (nSPS) is 19.4. The second-order valence-electron chi connectivity index (χ2n) is 9.75. The number of rotatable bonds is 8. The number of nitrogens with zero attached hydrogens (tertiary/aromatic N) is 1. The molecule has 0 aromatic heterocycles. The highest BCUT2D eigenvalue weighted by atomic mass is 32.2. The summed E-state index contributed by atoms with van der Waals surface area (Å²) in [4.78, 5) is 27.4. The number of ether oxygens (including phenoxy) is 3. The lowest BCUT2D eigenvalue weighted by Gasteiger charge is -2.33. The van der Waals surface area contributed by atoms with Crippen molar-refractivity contribution in [1.82, 2.24) is 4.90 Å². The van der Waals surface area contributed by atoms with Gasteiger partial charge in [0.2, 0.25) is 5.91 Å². The number of amides is 2. The Balaban J connectivity index is 1.44. The quantitative estimate of drug-likeness (QED) is 0.556. The van der Waals surface area contributed by atoms with Gasteiger partial charge in [-0.25, -0.2) is 8.42 Å². The predicted molar refractivity (Wildman–Crippen MR) is 138 cm³/mol. The first-order valence-corrected chi connectivity index (χ1v) is 13.8. The molecule has 200 valence electrons. The van der Waals surface area contributed by atoms with E-state index in [2.05, 4.69) is 0 Å². The van der Waals surface area contributed by atoms with Gasteiger partial charge in [0.1, 0.15) is 0 Å². The Bertz CT molecular complexity index is 1270. The molecule has 37 heavy (non-hydrogen) atoms. The molecule has 1 atom stereocenters. The lowest BCUT2D eigenvalue weighted by atomic mass is 9.98. The fourth-order valence-corrected chi connectivity index (χ4v) is 7.19. The summed E-state index contributed by atoms with van der Waals surface area (Å²) < 4.78 is 41.0. The summed E-state index contributed by atoms with van der Waals surface area (Å²) >= 11 is 0. The number of benzene rings is 2. The number of carbonyl (C=O) groups is 2. The SMILES string of the molecule is COc1cc(C)c(C(=O)N2CC[C@@H](Cc3ccc(S(=O)(=O)C4(C(N)=O)CCOCC4)cc3)C2)cc1OC. The molecule has 0 aliphatic carbocycles. The van der Waals surface area contributed by atoms with Gasteiger partial charge < -0.3 is 24.8 Å². The smallest absolute Gasteiger partial charge is 0.254 e. The Kier molecular flexibility index (Phi) is 7.80. The Morgan fingerprint density at radius 1 is 1.08 bits per heavy atom. The second-order valence-corrected chi connectivity index (χ2v) is 12.0. The number of nitrogens with two attached hydrogens (primary N) is 1. The first-order valence-electron chi connectivity index (χ1n) is 12.4. The molecule has 10 heteroatoms. The summed E-state index contributed by atoms with van der Waals surface area (Å²) in [5, 5.41) is 0. The van der Waals surface area contributed by atoms with E-state index in [4.69, 9.17) is 19.9 Å². The van der Waals surface area contributed by atoms with Crippen molar-refractivity contribution in [2.75, 3.05) is 40.5 Å². The summed E-state index contributed by atoms with van der Waals surface area (Å²) in [5.41, 5.74) is 7.95. The maximum atomic E-state index is 13.4. The van der Waals surface area contributed by atoms with Crippen LogP contribution in [0.15, 0.2) is 41.3 Å². The van der Waals surface area contributed by atoms with Crippen molar-refractivity contribution in [3.8, 4) is 11.5 Å². The van der Waals surface area contributed by atoms with Crippen LogP contribution in [0.5, 0.6) is 11.5 Å². The van der Waals surface area contributed by atoms with Crippen LogP contribution in [0.1, 0.15) is 40.7 Å². The molecule has 2 fully saturated rings. The van der Waals surface area contributed by atoms with Crippen molar-refractivity contribution in [2.24, 2.45) is 11.7 Å². The summed E-state index contributed by atoms with van der Waals surface area (Å²) in [7, 11) is -0.854. The molecule has 0 unspecified atom stereocenters. The van der Waals surface area contributed by atoms with E-state index in [1.54, 1.807) is 50.6 Å². The van der Waals surface area contributed by atoms with E-state index in [9.17, 15) is 18.0 Å². The van der Waals surface area contributed by atoms with Gasteiger partial charge in [0.25, 0.3) is 5.91 Å². The number of aryl methyl sites for hydroxylation is 1. The van der Waals surface area contributed by atoms with Gasteiger partial charge in [0, 0.05) is 31.9 Å². The monoisotopic (exact) mass is 530 g/mol. The molecule has 2 amide bonds. The Morgan fingerprint density at radius 2 is 1.70 bits per heavy atom. The van der Waals surface area contributed by atoms with Crippen LogP contribution >= 0.6 is 0 Å². The van der Waals surface area contributed by atoms with Crippen LogP contribution in [0, 0.1) is 12.8 Å². The van der Waals surface area contributed by atoms with Gasteiger partial charge in [-0.05, 0) is 73.9 Å². The van der Waals surface area contributed by atoms with Crippen molar-refractivity contribution < 1.29 is 32.2 Å². The first kappa shape index (κ1) is 26.9. The molecule has 2 heterocycles. The van der Waals surface area contributed by atoms with Gasteiger partial charge in [-0.3, -0.25) is 9.59 Å². The standard InChI is InChI=1S/C27H34N2O7S/c1-18-14-23(34-2)24(35-3)16-22(18)25(30)29-11-8-20(17-29)15-19-4-6-21(7-5-19)37(32,33)27(26(28)31)9-12-36-13-10-27/h4-7,14,16,20H,8-13,15,17H2,1-3H3,(H2,28,31)/t20-/m0/s1. The molecule has 0 spiro atoms. The maximum Gasteiger partial charge on any atom is 0.254 e. The molecule has 0 saturated carbocycles. The molecule has 4 rings (SSSR count). The third-order valence-electron chi connectivity index (χ3n) is 7.56. The number of hydrogen-bond donors (Lipinski definition) is 1. The molecule has 2 aliphatic heterocycles. The summed E-state index contributed by atoms with van der Waals surface area (Å²) in [5.74, 6) is 0.469. The zero-order chi connectivity index (χ0) is 26.8. The van der Waals surface area contributed by atoms with Crippen LogP contribution in [0.3, 0.4) is 0 Å². The number of likely N-dealkylation sites (tertiary alicyclic amines) is 1. The van der Waals surface area contributed by atoms with E-state index in [-0.39, 0.29) is 42.8 Å². The van der Waals surface area contributed by atoms with Crippen molar-refractivity contribution in [3.05, 3.63) is 53.1 Å². The van der Waals surface area contributed by atoms with E-state index in [0.717, 1.165) is 17.5 Å². The highest BCUT2D eigenvalue weighted by Gasteiger charge is 2.51. The molecule has 0 bridgehead atoms. The minimum absolute atomic E-state index is 0.0457. The fourth-order valence-electron chi connectivity index (χ4n) is 5.28. The first-order chi connectivity index (χ1) is 17.6. The van der Waals surface area contributed by atoms with E-state index >= 15 is 0 Å². The van der Waals surface area contributed by atoms with E-state index in [0.29, 0.717) is 36.6 Å². The minimum atomic E-state index is -3.96. The van der Waals surface area contributed by atoms with Crippen LogP contribution < -0.4 is 15.2 Å². The van der Waals surface area contributed by atoms with Gasteiger partial charge in [-0.1, -0.05) is 12.1 Å². The van der Waals surface area contributed by atoms with E-state index in [1.807, 2.05) is 11.8 Å². The minimum Gasteiger partial charge on any atom is -0.493 e. The number of methoxy groups -OCH3 is 2. The van der Waals surface area contributed by atoms with Crippen LogP contribution in [0.4, 0.5) is 0 Å². The van der Waals surface area contributed by atoms with Crippen molar-refractivity contribution in [2.45, 2.75) is 42.2 Å². The van der Waals surface area contributed by atoms with Crippen LogP contribution in [0.2, 0.25) is 0 Å². The number of primary amides is 1. The third kappa shape index (κ3) is 5.04. The molecule has 2 aliphatic rings. The van der Waals surface area contributed by atoms with E-state index < -0.39 is 20.5 Å². The number of hydrogen-bond acceptors (Lipinski definition) is 7. The Hall–Kier alpha value is -3.11. The maximum absolute atomic E-state index is 13.4. The summed E-state index contributed by atoms with van der Waals surface area (Å²) in [6.45, 7) is 3.49. The van der Waals surface area contributed by atoms with Gasteiger partial charge in [-0.15, -0.1) is 0 Å². The van der Waals surface area contributed by atoms with Crippen molar-refractivity contribution in [1.29, 1.82) is 0 Å².